The van der Waals surface area contributed by atoms with E-state index in [0.29, 0.717) is 6.61 Å². The van der Waals surface area contributed by atoms with E-state index in [1.54, 1.807) is 0 Å². The molecule has 2 rings (SSSR count). The minimum atomic E-state index is 0. The van der Waals surface area contributed by atoms with Crippen molar-refractivity contribution < 1.29 is 4.74 Å². The van der Waals surface area contributed by atoms with Crippen molar-refractivity contribution in [3.05, 3.63) is 34.9 Å². The first kappa shape index (κ1) is 11.5. The largest absolute Gasteiger partial charge is 0.372 e. The Morgan fingerprint density at radius 2 is 2.14 bits per heavy atom. The van der Waals surface area contributed by atoms with Crippen LogP contribution in [0.3, 0.4) is 0 Å². The Labute approximate surface area is 90.9 Å². The Morgan fingerprint density at radius 1 is 1.43 bits per heavy atom. The highest BCUT2D eigenvalue weighted by Crippen LogP contribution is 2.27. The fourth-order valence-electron chi connectivity index (χ4n) is 1.73. The number of hydrogen-bond donors (Lipinski definition) is 1. The van der Waals surface area contributed by atoms with E-state index in [0.717, 1.165) is 0 Å². The van der Waals surface area contributed by atoms with Crippen LogP contribution >= 0.6 is 12.4 Å². The Bertz CT molecular complexity index is 327. The molecule has 1 aliphatic rings. The number of hydrogen-bond acceptors (Lipinski definition) is 2. The lowest BCUT2D eigenvalue weighted by molar-refractivity contribution is 0.0213. The summed E-state index contributed by atoms with van der Waals surface area (Å²) in [5.74, 6) is 0. The molecule has 1 aromatic rings. The molecule has 0 saturated heterocycles. The van der Waals surface area contributed by atoms with Gasteiger partial charge in [-0.1, -0.05) is 23.8 Å². The molecule has 0 fully saturated rings. The summed E-state index contributed by atoms with van der Waals surface area (Å²) in [5, 5.41) is 0. The zero-order chi connectivity index (χ0) is 9.42. The molecule has 0 aromatic heterocycles. The average molecular weight is 214 g/mol. The molecule has 3 heteroatoms. The molecule has 1 heterocycles. The summed E-state index contributed by atoms with van der Waals surface area (Å²) in [4.78, 5) is 0. The van der Waals surface area contributed by atoms with Crippen LogP contribution in [0.25, 0.3) is 0 Å². The van der Waals surface area contributed by atoms with E-state index in [1.807, 2.05) is 6.92 Å². The summed E-state index contributed by atoms with van der Waals surface area (Å²) in [6, 6.07) is 6.41. The highest BCUT2D eigenvalue weighted by Gasteiger charge is 2.23. The van der Waals surface area contributed by atoms with Gasteiger partial charge in [0.2, 0.25) is 0 Å². The second kappa shape index (κ2) is 4.30. The zero-order valence-corrected chi connectivity index (χ0v) is 9.30. The molecule has 0 radical (unpaired) electrons. The van der Waals surface area contributed by atoms with Crippen LogP contribution in [0.1, 0.15) is 29.7 Å². The number of aryl methyl sites for hydroxylation is 1. The maximum absolute atomic E-state index is 6.03. The van der Waals surface area contributed by atoms with Gasteiger partial charge in [-0.05, 0) is 25.0 Å². The third-order valence-electron chi connectivity index (χ3n) is 2.67. The topological polar surface area (TPSA) is 35.2 Å². The van der Waals surface area contributed by atoms with Crippen LogP contribution in [0.4, 0.5) is 0 Å². The third kappa shape index (κ3) is 1.92. The Balaban J connectivity index is 0.000000980. The number of ether oxygens (including phenoxy) is 1. The molecule has 2 atom stereocenters. The maximum Gasteiger partial charge on any atom is 0.0744 e. The lowest BCUT2D eigenvalue weighted by atomic mass is 9.94. The van der Waals surface area contributed by atoms with Crippen molar-refractivity contribution in [2.24, 2.45) is 5.73 Å². The first-order valence-electron chi connectivity index (χ1n) is 4.65. The zero-order valence-electron chi connectivity index (χ0n) is 8.49. The molecule has 14 heavy (non-hydrogen) atoms. The van der Waals surface area contributed by atoms with E-state index in [2.05, 4.69) is 25.1 Å². The molecule has 0 saturated carbocycles. The minimum Gasteiger partial charge on any atom is -0.372 e. The van der Waals surface area contributed by atoms with Crippen LogP contribution in [-0.2, 0) is 11.3 Å². The van der Waals surface area contributed by atoms with E-state index >= 15 is 0 Å². The van der Waals surface area contributed by atoms with Gasteiger partial charge in [0.25, 0.3) is 0 Å². The van der Waals surface area contributed by atoms with Gasteiger partial charge in [-0.3, -0.25) is 0 Å². The maximum atomic E-state index is 6.03. The Hall–Kier alpha value is -0.570. The molecule has 1 aliphatic heterocycles. The van der Waals surface area contributed by atoms with Crippen LogP contribution in [0, 0.1) is 6.92 Å². The molecule has 2 N–H and O–H groups in total. The second-order valence-corrected chi connectivity index (χ2v) is 3.74. The summed E-state index contributed by atoms with van der Waals surface area (Å²) in [6.07, 6.45) is 0.134. The predicted molar refractivity (Wildman–Crippen MR) is 59.6 cm³/mol. The SMILES string of the molecule is Cc1ccc2c(c1)C(N)C(C)OC2.Cl. The van der Waals surface area contributed by atoms with Crippen LogP contribution in [0.15, 0.2) is 18.2 Å². The molecule has 2 nitrogen and oxygen atoms in total. The highest BCUT2D eigenvalue weighted by atomic mass is 35.5. The van der Waals surface area contributed by atoms with Crippen molar-refractivity contribution in [3.8, 4) is 0 Å². The van der Waals surface area contributed by atoms with Crippen molar-refractivity contribution in [1.82, 2.24) is 0 Å². The summed E-state index contributed by atoms with van der Waals surface area (Å²) in [7, 11) is 0. The highest BCUT2D eigenvalue weighted by molar-refractivity contribution is 5.85. The van der Waals surface area contributed by atoms with Crippen molar-refractivity contribution in [2.45, 2.75) is 32.6 Å². The Kier molecular flexibility index (Phi) is 3.53. The van der Waals surface area contributed by atoms with Crippen molar-refractivity contribution in [3.63, 3.8) is 0 Å². The van der Waals surface area contributed by atoms with E-state index in [1.165, 1.54) is 16.7 Å². The van der Waals surface area contributed by atoms with E-state index in [4.69, 9.17) is 10.5 Å². The van der Waals surface area contributed by atoms with Gasteiger partial charge in [0.05, 0.1) is 18.8 Å². The first-order valence-corrected chi connectivity index (χ1v) is 4.65. The van der Waals surface area contributed by atoms with E-state index in [9.17, 15) is 0 Å². The molecule has 0 bridgehead atoms. The second-order valence-electron chi connectivity index (χ2n) is 3.74. The summed E-state index contributed by atoms with van der Waals surface area (Å²) in [6.45, 7) is 4.81. The number of halogens is 1. The van der Waals surface area contributed by atoms with Crippen LogP contribution in [0.5, 0.6) is 0 Å². The summed E-state index contributed by atoms with van der Waals surface area (Å²) < 4.78 is 5.53. The van der Waals surface area contributed by atoms with Crippen LogP contribution in [0.2, 0.25) is 0 Å². The predicted octanol–water partition coefficient (Wildman–Crippen LogP) is 2.34. The van der Waals surface area contributed by atoms with Crippen molar-refractivity contribution in [2.75, 3.05) is 0 Å². The van der Waals surface area contributed by atoms with E-state index < -0.39 is 0 Å². The summed E-state index contributed by atoms with van der Waals surface area (Å²) in [5.41, 5.74) is 9.78. The number of benzene rings is 1. The van der Waals surface area contributed by atoms with Gasteiger partial charge < -0.3 is 10.5 Å². The van der Waals surface area contributed by atoms with Gasteiger partial charge in [0.1, 0.15) is 0 Å². The lowest BCUT2D eigenvalue weighted by Gasteiger charge is -2.29. The standard InChI is InChI=1S/C11H15NO.ClH/c1-7-3-4-9-6-13-8(2)11(12)10(9)5-7;/h3-5,8,11H,6,12H2,1-2H3;1H. The van der Waals surface area contributed by atoms with Gasteiger partial charge in [-0.15, -0.1) is 12.4 Å². The van der Waals surface area contributed by atoms with Crippen LogP contribution in [-0.4, -0.2) is 6.10 Å². The normalized spacial score (nSPS) is 25.1. The molecule has 0 spiro atoms. The fourth-order valence-corrected chi connectivity index (χ4v) is 1.73. The number of rotatable bonds is 0. The molecule has 78 valence electrons. The molecule has 2 unspecified atom stereocenters. The smallest absolute Gasteiger partial charge is 0.0744 e. The molecule has 0 amide bonds. The molecule has 0 aliphatic carbocycles. The number of nitrogens with two attached hydrogens (primary N) is 1. The van der Waals surface area contributed by atoms with Gasteiger partial charge in [-0.2, -0.15) is 0 Å². The van der Waals surface area contributed by atoms with E-state index in [-0.39, 0.29) is 24.6 Å². The Morgan fingerprint density at radius 3 is 2.86 bits per heavy atom. The number of fused-ring (bicyclic) bond motifs is 1. The lowest BCUT2D eigenvalue weighted by Crippen LogP contribution is -2.31. The molecular weight excluding hydrogens is 198 g/mol. The first-order chi connectivity index (χ1) is 6.18. The average Bonchev–Trinajstić information content (AvgIpc) is 2.12. The van der Waals surface area contributed by atoms with Gasteiger partial charge in [-0.25, -0.2) is 0 Å². The molecule has 1 aromatic carbocycles. The quantitative estimate of drug-likeness (QED) is 0.718. The molecular formula is C11H16ClNO. The van der Waals surface area contributed by atoms with Gasteiger partial charge in [0, 0.05) is 0 Å². The minimum absolute atomic E-state index is 0. The van der Waals surface area contributed by atoms with Crippen molar-refractivity contribution >= 4 is 12.4 Å². The van der Waals surface area contributed by atoms with Gasteiger partial charge in [0.15, 0.2) is 0 Å². The van der Waals surface area contributed by atoms with Gasteiger partial charge >= 0.3 is 0 Å². The van der Waals surface area contributed by atoms with Crippen LogP contribution < -0.4 is 5.73 Å². The fraction of sp³-hybridized carbons (Fsp3) is 0.455. The summed E-state index contributed by atoms with van der Waals surface area (Å²) >= 11 is 0. The monoisotopic (exact) mass is 213 g/mol. The van der Waals surface area contributed by atoms with Crippen molar-refractivity contribution in [1.29, 1.82) is 0 Å². The third-order valence-corrected chi connectivity index (χ3v) is 2.67.